The van der Waals surface area contributed by atoms with Gasteiger partial charge in [0, 0.05) is 7.05 Å². The van der Waals surface area contributed by atoms with Gasteiger partial charge in [-0.15, -0.1) is 0 Å². The largest absolute Gasteiger partial charge is 0.326 e. The van der Waals surface area contributed by atoms with Crippen LogP contribution in [0.5, 0.6) is 0 Å². The molecule has 126 valence electrons. The highest BCUT2D eigenvalue weighted by atomic mass is 15.1. The molecular weight excluding hydrogens is 294 g/mol. The highest BCUT2D eigenvalue weighted by Crippen LogP contribution is 2.23. The lowest BCUT2D eigenvalue weighted by molar-refractivity contribution is 0.801. The summed E-state index contributed by atoms with van der Waals surface area (Å²) in [5.41, 5.74) is 9.48. The number of hydrogen-bond acceptors (Lipinski definition) is 2. The van der Waals surface area contributed by atoms with E-state index >= 15 is 0 Å². The zero-order valence-corrected chi connectivity index (χ0v) is 15.8. The van der Waals surface area contributed by atoms with E-state index in [1.807, 2.05) is 11.9 Å². The molecular formula is C21H27N3. The Labute approximate surface area is 145 Å². The molecule has 0 atom stereocenters. The van der Waals surface area contributed by atoms with Gasteiger partial charge in [-0.2, -0.15) is 0 Å². The number of nitrogens with zero attached hydrogens (tertiary/aromatic N) is 3. The number of aryl methyl sites for hydroxylation is 6. The summed E-state index contributed by atoms with van der Waals surface area (Å²) in [6.45, 7) is 12.7. The Morgan fingerprint density at radius 3 is 1.29 bits per heavy atom. The van der Waals surface area contributed by atoms with Crippen LogP contribution in [0.2, 0.25) is 0 Å². The molecule has 0 spiro atoms. The molecule has 0 unspecified atom stereocenters. The molecule has 0 N–H and O–H groups in total. The average molecular weight is 321 g/mol. The predicted octanol–water partition coefficient (Wildman–Crippen LogP) is 5.49. The SMILES string of the molecule is Cc1cc(C)c(/N=C/N(C)/C=N/c2cc(C)c(C)cc2C)cc1C. The van der Waals surface area contributed by atoms with Gasteiger partial charge >= 0.3 is 0 Å². The van der Waals surface area contributed by atoms with Gasteiger partial charge in [-0.05, 0) is 87.1 Å². The minimum absolute atomic E-state index is 1.00. The Kier molecular flexibility index (Phi) is 5.55. The van der Waals surface area contributed by atoms with Gasteiger partial charge in [-0.1, -0.05) is 12.1 Å². The average Bonchev–Trinajstić information content (AvgIpc) is 2.51. The van der Waals surface area contributed by atoms with E-state index < -0.39 is 0 Å². The molecule has 0 heterocycles. The molecule has 2 rings (SSSR count). The molecule has 2 aromatic carbocycles. The molecule has 0 radical (unpaired) electrons. The summed E-state index contributed by atoms with van der Waals surface area (Å²) in [6, 6.07) is 8.60. The zero-order valence-electron chi connectivity index (χ0n) is 15.8. The zero-order chi connectivity index (χ0) is 17.9. The topological polar surface area (TPSA) is 28.0 Å². The van der Waals surface area contributed by atoms with E-state index in [1.54, 1.807) is 12.7 Å². The highest BCUT2D eigenvalue weighted by Gasteiger charge is 2.01. The van der Waals surface area contributed by atoms with Gasteiger partial charge in [0.15, 0.2) is 0 Å². The fourth-order valence-corrected chi connectivity index (χ4v) is 2.51. The number of rotatable bonds is 4. The Hall–Kier alpha value is -2.42. The van der Waals surface area contributed by atoms with Gasteiger partial charge in [-0.25, -0.2) is 9.98 Å². The second-order valence-corrected chi connectivity index (χ2v) is 6.60. The van der Waals surface area contributed by atoms with Crippen LogP contribution in [0.25, 0.3) is 0 Å². The van der Waals surface area contributed by atoms with Crippen LogP contribution in [0, 0.1) is 41.5 Å². The molecule has 3 heteroatoms. The molecule has 3 nitrogen and oxygen atoms in total. The summed E-state index contributed by atoms with van der Waals surface area (Å²) >= 11 is 0. The van der Waals surface area contributed by atoms with Crippen LogP contribution in [0.15, 0.2) is 34.3 Å². The summed E-state index contributed by atoms with van der Waals surface area (Å²) in [6.07, 6.45) is 3.61. The minimum Gasteiger partial charge on any atom is -0.326 e. The molecule has 0 aliphatic carbocycles. The smallest absolute Gasteiger partial charge is 0.0961 e. The van der Waals surface area contributed by atoms with E-state index in [-0.39, 0.29) is 0 Å². The second-order valence-electron chi connectivity index (χ2n) is 6.60. The number of aliphatic imine (C=N–C) groups is 2. The van der Waals surface area contributed by atoms with Crippen molar-refractivity contribution in [1.82, 2.24) is 4.90 Å². The van der Waals surface area contributed by atoms with Gasteiger partial charge < -0.3 is 4.90 Å². The van der Waals surface area contributed by atoms with Crippen LogP contribution in [-0.4, -0.2) is 24.6 Å². The molecule has 0 aromatic heterocycles. The standard InChI is InChI=1S/C21H27N3/c1-14-8-18(5)20(10-16(14)3)22-12-24(7)13-23-21-11-17(4)15(2)9-19(21)6/h8-13H,1-7H3/b22-12+,23-13+. The van der Waals surface area contributed by atoms with Crippen molar-refractivity contribution in [3.05, 3.63) is 57.6 Å². The Morgan fingerprint density at radius 1 is 0.583 bits per heavy atom. The van der Waals surface area contributed by atoms with Crippen molar-refractivity contribution in [2.75, 3.05) is 7.05 Å². The maximum absolute atomic E-state index is 4.58. The van der Waals surface area contributed by atoms with Gasteiger partial charge in [0.2, 0.25) is 0 Å². The molecule has 0 amide bonds. The van der Waals surface area contributed by atoms with E-state index in [2.05, 4.69) is 75.8 Å². The maximum atomic E-state index is 4.58. The summed E-state index contributed by atoms with van der Waals surface area (Å²) in [7, 11) is 1.94. The van der Waals surface area contributed by atoms with Crippen LogP contribution >= 0.6 is 0 Å². The summed E-state index contributed by atoms with van der Waals surface area (Å²) in [4.78, 5) is 11.0. The van der Waals surface area contributed by atoms with Crippen molar-refractivity contribution < 1.29 is 0 Å². The second kappa shape index (κ2) is 7.43. The van der Waals surface area contributed by atoms with Crippen molar-refractivity contribution in [2.45, 2.75) is 41.5 Å². The molecule has 24 heavy (non-hydrogen) atoms. The van der Waals surface area contributed by atoms with Crippen LogP contribution < -0.4 is 0 Å². The highest BCUT2D eigenvalue weighted by molar-refractivity contribution is 5.79. The van der Waals surface area contributed by atoms with E-state index in [1.165, 1.54) is 33.4 Å². The predicted molar refractivity (Wildman–Crippen MR) is 105 cm³/mol. The van der Waals surface area contributed by atoms with Crippen molar-refractivity contribution in [3.63, 3.8) is 0 Å². The Bertz CT molecular complexity index is 734. The first kappa shape index (κ1) is 17.9. The molecule has 2 aromatic rings. The lowest BCUT2D eigenvalue weighted by Gasteiger charge is -2.09. The van der Waals surface area contributed by atoms with Gasteiger partial charge in [0.25, 0.3) is 0 Å². The van der Waals surface area contributed by atoms with Crippen LogP contribution in [-0.2, 0) is 0 Å². The van der Waals surface area contributed by atoms with Gasteiger partial charge in [0.1, 0.15) is 0 Å². The fraction of sp³-hybridized carbons (Fsp3) is 0.333. The van der Waals surface area contributed by atoms with E-state index in [9.17, 15) is 0 Å². The lowest BCUT2D eigenvalue weighted by atomic mass is 10.1. The van der Waals surface area contributed by atoms with Crippen molar-refractivity contribution in [3.8, 4) is 0 Å². The first-order valence-corrected chi connectivity index (χ1v) is 8.24. The lowest BCUT2D eigenvalue weighted by Crippen LogP contribution is -2.12. The summed E-state index contributed by atoms with van der Waals surface area (Å²) < 4.78 is 0. The quantitative estimate of drug-likeness (QED) is 0.540. The van der Waals surface area contributed by atoms with Crippen molar-refractivity contribution in [1.29, 1.82) is 0 Å². The third-order valence-electron chi connectivity index (χ3n) is 4.38. The molecule has 0 aliphatic rings. The van der Waals surface area contributed by atoms with Crippen molar-refractivity contribution >= 4 is 24.1 Å². The number of hydrogen-bond donors (Lipinski definition) is 0. The van der Waals surface area contributed by atoms with Crippen LogP contribution in [0.3, 0.4) is 0 Å². The normalized spacial score (nSPS) is 11.6. The van der Waals surface area contributed by atoms with Gasteiger partial charge in [0.05, 0.1) is 24.1 Å². The monoisotopic (exact) mass is 321 g/mol. The first-order valence-electron chi connectivity index (χ1n) is 8.24. The molecule has 0 bridgehead atoms. The molecule has 0 fully saturated rings. The van der Waals surface area contributed by atoms with Gasteiger partial charge in [-0.3, -0.25) is 0 Å². The third-order valence-corrected chi connectivity index (χ3v) is 4.38. The van der Waals surface area contributed by atoms with Crippen LogP contribution in [0.1, 0.15) is 33.4 Å². The maximum Gasteiger partial charge on any atom is 0.0961 e. The molecule has 0 saturated heterocycles. The van der Waals surface area contributed by atoms with E-state index in [0.717, 1.165) is 11.4 Å². The summed E-state index contributed by atoms with van der Waals surface area (Å²) in [5.74, 6) is 0. The van der Waals surface area contributed by atoms with E-state index in [0.29, 0.717) is 0 Å². The van der Waals surface area contributed by atoms with Crippen molar-refractivity contribution in [2.24, 2.45) is 9.98 Å². The van der Waals surface area contributed by atoms with Crippen LogP contribution in [0.4, 0.5) is 11.4 Å². The fourth-order valence-electron chi connectivity index (χ4n) is 2.51. The Morgan fingerprint density at radius 2 is 0.917 bits per heavy atom. The third kappa shape index (κ3) is 4.31. The number of benzene rings is 2. The van der Waals surface area contributed by atoms with E-state index in [4.69, 9.17) is 0 Å². The molecule has 0 saturated carbocycles. The summed E-state index contributed by atoms with van der Waals surface area (Å²) in [5, 5.41) is 0. The first-order chi connectivity index (χ1) is 11.3. The Balaban J connectivity index is 2.15. The minimum atomic E-state index is 1.00. The molecule has 0 aliphatic heterocycles.